The lowest BCUT2D eigenvalue weighted by atomic mass is 9.98. The van der Waals surface area contributed by atoms with Crippen molar-refractivity contribution in [3.63, 3.8) is 0 Å². The van der Waals surface area contributed by atoms with Crippen LogP contribution < -0.4 is 4.90 Å². The molecular weight excluding hydrogens is 687 g/mol. The van der Waals surface area contributed by atoms with Gasteiger partial charge >= 0.3 is 0 Å². The van der Waals surface area contributed by atoms with Crippen molar-refractivity contribution < 1.29 is 4.42 Å². The fourth-order valence-electron chi connectivity index (χ4n) is 8.21. The van der Waals surface area contributed by atoms with Crippen molar-refractivity contribution in [1.82, 2.24) is 0 Å². The largest absolute Gasteiger partial charge is 0.456 e. The van der Waals surface area contributed by atoms with Crippen LogP contribution in [0.3, 0.4) is 0 Å². The first-order valence-corrected chi connectivity index (χ1v) is 19.5. The second-order valence-corrected chi connectivity index (χ2v) is 15.1. The van der Waals surface area contributed by atoms with Crippen molar-refractivity contribution in [2.75, 3.05) is 4.90 Å². The van der Waals surface area contributed by atoms with E-state index in [0.29, 0.717) is 0 Å². The van der Waals surface area contributed by atoms with Gasteiger partial charge in [-0.15, -0.1) is 11.3 Å². The maximum absolute atomic E-state index is 6.27. The van der Waals surface area contributed by atoms with Crippen LogP contribution in [0.4, 0.5) is 17.1 Å². The average molecular weight is 720 g/mol. The van der Waals surface area contributed by atoms with Crippen molar-refractivity contribution in [2.45, 2.75) is 0 Å². The first-order valence-electron chi connectivity index (χ1n) is 18.7. The van der Waals surface area contributed by atoms with E-state index in [9.17, 15) is 0 Å². The molecule has 258 valence electrons. The van der Waals surface area contributed by atoms with Crippen molar-refractivity contribution >= 4 is 81.3 Å². The van der Waals surface area contributed by atoms with Gasteiger partial charge in [0.25, 0.3) is 0 Å². The van der Waals surface area contributed by atoms with Gasteiger partial charge < -0.3 is 9.32 Å². The molecule has 0 saturated carbocycles. The van der Waals surface area contributed by atoms with Crippen LogP contribution in [0, 0.1) is 0 Å². The van der Waals surface area contributed by atoms with Gasteiger partial charge in [-0.1, -0.05) is 152 Å². The van der Waals surface area contributed by atoms with Crippen molar-refractivity contribution in [2.24, 2.45) is 0 Å². The van der Waals surface area contributed by atoms with Crippen LogP contribution in [0.1, 0.15) is 0 Å². The normalized spacial score (nSPS) is 11.6. The third-order valence-electron chi connectivity index (χ3n) is 10.9. The fourth-order valence-corrected chi connectivity index (χ4v) is 9.55. The number of hydrogen-bond acceptors (Lipinski definition) is 3. The first-order chi connectivity index (χ1) is 27.3. The minimum Gasteiger partial charge on any atom is -0.456 e. The molecule has 0 atom stereocenters. The van der Waals surface area contributed by atoms with E-state index in [-0.39, 0.29) is 0 Å². The topological polar surface area (TPSA) is 16.4 Å². The number of benzene rings is 9. The lowest BCUT2D eigenvalue weighted by Gasteiger charge is -2.28. The molecule has 11 aromatic rings. The van der Waals surface area contributed by atoms with E-state index in [0.717, 1.165) is 50.1 Å². The van der Waals surface area contributed by atoms with E-state index >= 15 is 0 Å². The predicted octanol–water partition coefficient (Wildman–Crippen LogP) is 15.6. The van der Waals surface area contributed by atoms with E-state index in [1.54, 1.807) is 0 Å². The van der Waals surface area contributed by atoms with E-state index in [1.807, 2.05) is 23.5 Å². The molecule has 0 amide bonds. The second-order valence-electron chi connectivity index (χ2n) is 14.1. The van der Waals surface area contributed by atoms with Gasteiger partial charge in [-0.05, 0) is 87.1 Å². The third kappa shape index (κ3) is 5.32. The summed E-state index contributed by atoms with van der Waals surface area (Å²) >= 11 is 1.88. The van der Waals surface area contributed by atoms with Crippen LogP contribution in [0.15, 0.2) is 205 Å². The second kappa shape index (κ2) is 12.9. The molecule has 0 radical (unpaired) electrons. The molecule has 9 aromatic carbocycles. The van der Waals surface area contributed by atoms with Gasteiger partial charge in [-0.3, -0.25) is 0 Å². The summed E-state index contributed by atoms with van der Waals surface area (Å²) in [6, 6.07) is 72.2. The highest BCUT2D eigenvalue weighted by Gasteiger charge is 2.22. The van der Waals surface area contributed by atoms with Crippen LogP contribution in [0.5, 0.6) is 0 Å². The highest BCUT2D eigenvalue weighted by atomic mass is 32.1. The van der Waals surface area contributed by atoms with Gasteiger partial charge in [-0.2, -0.15) is 0 Å². The monoisotopic (exact) mass is 719 g/mol. The number of fused-ring (bicyclic) bond motifs is 7. The SMILES string of the molecule is c1ccc(-c2cccc3c2sc2c(N(c4ccc(-c5ccc6c(c5)oc5ccccc56)cc4)c4ccccc4-c4ccc5ccccc5c4)cccc23)cc1. The summed E-state index contributed by atoms with van der Waals surface area (Å²) in [5.74, 6) is 0. The minimum absolute atomic E-state index is 0.903. The Morgan fingerprint density at radius 3 is 1.87 bits per heavy atom. The molecule has 2 nitrogen and oxygen atoms in total. The van der Waals surface area contributed by atoms with Crippen LogP contribution in [-0.2, 0) is 0 Å². The predicted molar refractivity (Wildman–Crippen MR) is 235 cm³/mol. The highest BCUT2D eigenvalue weighted by Crippen LogP contribution is 2.49. The van der Waals surface area contributed by atoms with Gasteiger partial charge in [0.2, 0.25) is 0 Å². The number of furan rings is 1. The molecule has 0 fully saturated rings. The van der Waals surface area contributed by atoms with Crippen LogP contribution >= 0.6 is 11.3 Å². The highest BCUT2D eigenvalue weighted by molar-refractivity contribution is 7.27. The molecule has 0 aliphatic carbocycles. The Bertz CT molecular complexity index is 3210. The third-order valence-corrected chi connectivity index (χ3v) is 12.1. The van der Waals surface area contributed by atoms with Crippen molar-refractivity contribution in [1.29, 1.82) is 0 Å². The maximum atomic E-state index is 6.27. The molecule has 0 aliphatic heterocycles. The number of anilines is 3. The van der Waals surface area contributed by atoms with Gasteiger partial charge in [0.15, 0.2) is 0 Å². The Morgan fingerprint density at radius 2 is 0.982 bits per heavy atom. The first kappa shape index (κ1) is 31.6. The molecule has 0 saturated heterocycles. The van der Waals surface area contributed by atoms with Crippen LogP contribution in [-0.4, -0.2) is 0 Å². The summed E-state index contributed by atoms with van der Waals surface area (Å²) in [5, 5.41) is 7.29. The number of hydrogen-bond donors (Lipinski definition) is 0. The molecule has 0 unspecified atom stereocenters. The Kier molecular flexibility index (Phi) is 7.39. The number of rotatable bonds is 6. The summed E-state index contributed by atoms with van der Waals surface area (Å²) in [6.07, 6.45) is 0. The molecule has 3 heteroatoms. The molecule has 2 heterocycles. The summed E-state index contributed by atoms with van der Waals surface area (Å²) in [6.45, 7) is 0. The Balaban J connectivity index is 1.10. The zero-order valence-corrected chi connectivity index (χ0v) is 30.6. The van der Waals surface area contributed by atoms with E-state index in [4.69, 9.17) is 4.42 Å². The lowest BCUT2D eigenvalue weighted by molar-refractivity contribution is 0.669. The Labute approximate surface area is 322 Å². The molecular formula is C52H33NOS. The van der Waals surface area contributed by atoms with Gasteiger partial charge in [0.05, 0.1) is 16.1 Å². The van der Waals surface area contributed by atoms with Gasteiger partial charge in [0.1, 0.15) is 11.2 Å². The van der Waals surface area contributed by atoms with E-state index < -0.39 is 0 Å². The standard InChI is InChI=1S/C52H33NOS/c1-2-13-36(14-3-1)42-18-10-19-45-46-20-11-22-48(52(46)55-51(42)45)53(47-21-8-6-16-41(47)39-25-24-34-12-4-5-15-37(34)32-39)40-29-26-35(27-30-40)38-28-31-44-43-17-7-9-23-49(43)54-50(44)33-38/h1-33H. The molecule has 0 bridgehead atoms. The zero-order valence-electron chi connectivity index (χ0n) is 29.8. The smallest absolute Gasteiger partial charge is 0.136 e. The maximum Gasteiger partial charge on any atom is 0.136 e. The average Bonchev–Trinajstić information content (AvgIpc) is 3.83. The Hall–Kier alpha value is -6.94. The molecule has 0 spiro atoms. The fraction of sp³-hybridized carbons (Fsp3) is 0. The number of nitrogens with zero attached hydrogens (tertiary/aromatic N) is 1. The molecule has 55 heavy (non-hydrogen) atoms. The van der Waals surface area contributed by atoms with Gasteiger partial charge in [0, 0.05) is 37.5 Å². The Morgan fingerprint density at radius 1 is 0.345 bits per heavy atom. The van der Waals surface area contributed by atoms with Crippen molar-refractivity contribution in [3.8, 4) is 33.4 Å². The quantitative estimate of drug-likeness (QED) is 0.170. The van der Waals surface area contributed by atoms with Crippen LogP contribution in [0.2, 0.25) is 0 Å². The summed E-state index contributed by atoms with van der Waals surface area (Å²) in [4.78, 5) is 2.46. The molecule has 11 rings (SSSR count). The molecule has 2 aromatic heterocycles. The minimum atomic E-state index is 0.903. The van der Waals surface area contributed by atoms with E-state index in [1.165, 1.54) is 53.2 Å². The summed E-state index contributed by atoms with van der Waals surface area (Å²) in [5.41, 5.74) is 12.3. The lowest BCUT2D eigenvalue weighted by Crippen LogP contribution is -2.11. The van der Waals surface area contributed by atoms with Gasteiger partial charge in [-0.25, -0.2) is 0 Å². The molecule has 0 aliphatic rings. The molecule has 0 N–H and O–H groups in total. The van der Waals surface area contributed by atoms with Crippen LogP contribution in [0.25, 0.3) is 86.3 Å². The number of thiophene rings is 1. The number of para-hydroxylation sites is 2. The summed E-state index contributed by atoms with van der Waals surface area (Å²) in [7, 11) is 0. The zero-order chi connectivity index (χ0) is 36.3. The van der Waals surface area contributed by atoms with E-state index in [2.05, 4.69) is 193 Å². The van der Waals surface area contributed by atoms with Crippen molar-refractivity contribution in [3.05, 3.63) is 200 Å². The summed E-state index contributed by atoms with van der Waals surface area (Å²) < 4.78 is 8.83.